The summed E-state index contributed by atoms with van der Waals surface area (Å²) in [5.41, 5.74) is 0. The number of thiophene rings is 1. The topological polar surface area (TPSA) is 107 Å². The van der Waals surface area contributed by atoms with Crippen LogP contribution in [0, 0.1) is 11.3 Å². The van der Waals surface area contributed by atoms with E-state index in [0.29, 0.717) is 10.1 Å². The maximum absolute atomic E-state index is 12.1. The molecule has 0 saturated carbocycles. The number of rotatable bonds is 4. The lowest BCUT2D eigenvalue weighted by molar-refractivity contribution is 0.0698. The second-order valence-corrected chi connectivity index (χ2v) is 6.30. The van der Waals surface area contributed by atoms with Gasteiger partial charge in [0.1, 0.15) is 9.77 Å². The zero-order valence-electron chi connectivity index (χ0n) is 9.45. The molecule has 98 valence electrons. The van der Waals surface area contributed by atoms with Crippen LogP contribution in [0.25, 0.3) is 10.1 Å². The lowest BCUT2D eigenvalue weighted by Crippen LogP contribution is -2.25. The predicted octanol–water partition coefficient (Wildman–Crippen LogP) is 1.40. The Morgan fingerprint density at radius 3 is 2.74 bits per heavy atom. The Balaban J connectivity index is 2.74. The molecule has 19 heavy (non-hydrogen) atoms. The minimum absolute atomic E-state index is 0.258. The van der Waals surface area contributed by atoms with Gasteiger partial charge < -0.3 is 5.11 Å². The van der Waals surface area contributed by atoms with Gasteiger partial charge in [-0.3, -0.25) is 0 Å². The van der Waals surface area contributed by atoms with E-state index in [0.717, 1.165) is 11.3 Å². The number of nitrogens with zero attached hydrogens (tertiary/aromatic N) is 1. The summed E-state index contributed by atoms with van der Waals surface area (Å²) in [5, 5.41) is 17.9. The number of hydrogen-bond acceptors (Lipinski definition) is 5. The third-order valence-corrected chi connectivity index (χ3v) is 5.13. The fourth-order valence-corrected chi connectivity index (χ4v) is 4.28. The van der Waals surface area contributed by atoms with Gasteiger partial charge >= 0.3 is 5.97 Å². The van der Waals surface area contributed by atoms with Gasteiger partial charge in [0.15, 0.2) is 0 Å². The van der Waals surface area contributed by atoms with Gasteiger partial charge in [-0.25, -0.2) is 13.2 Å². The van der Waals surface area contributed by atoms with Crippen molar-refractivity contribution >= 4 is 37.4 Å². The van der Waals surface area contributed by atoms with E-state index in [9.17, 15) is 13.2 Å². The van der Waals surface area contributed by atoms with Crippen LogP contribution in [0.2, 0.25) is 0 Å². The molecule has 0 bridgehead atoms. The van der Waals surface area contributed by atoms with E-state index < -0.39 is 22.5 Å². The summed E-state index contributed by atoms with van der Waals surface area (Å²) < 4.78 is 26.8. The van der Waals surface area contributed by atoms with E-state index in [-0.39, 0.29) is 9.77 Å². The number of sulfonamides is 1. The molecular formula is C11H8N2O4S2. The van der Waals surface area contributed by atoms with Crippen LogP contribution in [0.1, 0.15) is 9.67 Å². The number of carboxylic acid groups (broad SMARTS) is 1. The van der Waals surface area contributed by atoms with Crippen molar-refractivity contribution in [2.45, 2.75) is 4.90 Å². The van der Waals surface area contributed by atoms with E-state index in [1.807, 2.05) is 0 Å². The Hall–Kier alpha value is -1.95. The number of hydrogen-bond donors (Lipinski definition) is 2. The van der Waals surface area contributed by atoms with Crippen LogP contribution in [0.15, 0.2) is 29.2 Å². The number of nitriles is 1. The molecule has 0 aliphatic heterocycles. The Bertz CT molecular complexity index is 787. The molecule has 0 spiro atoms. The summed E-state index contributed by atoms with van der Waals surface area (Å²) >= 11 is 0.891. The van der Waals surface area contributed by atoms with Crippen LogP contribution >= 0.6 is 11.3 Å². The standard InChI is InChI=1S/C11H8N2O4S2/c12-5-6-13-19(16,17)10-7-3-1-2-4-8(7)18-9(10)11(14)15/h1-4,13H,6H2,(H,14,15). The Morgan fingerprint density at radius 2 is 2.11 bits per heavy atom. The van der Waals surface area contributed by atoms with Gasteiger partial charge in [-0.2, -0.15) is 9.98 Å². The molecule has 0 amide bonds. The molecule has 1 aromatic heterocycles. The van der Waals surface area contributed by atoms with Crippen LogP contribution in [0.5, 0.6) is 0 Å². The number of benzene rings is 1. The van der Waals surface area contributed by atoms with Crippen LogP contribution < -0.4 is 4.72 Å². The van der Waals surface area contributed by atoms with Crippen LogP contribution in [0.4, 0.5) is 0 Å². The molecule has 1 aromatic carbocycles. The zero-order chi connectivity index (χ0) is 14.0. The molecule has 8 heteroatoms. The molecule has 0 radical (unpaired) electrons. The fourth-order valence-electron chi connectivity index (χ4n) is 1.63. The van der Waals surface area contributed by atoms with Gasteiger partial charge in [-0.15, -0.1) is 11.3 Å². The number of fused-ring (bicyclic) bond motifs is 1. The summed E-state index contributed by atoms with van der Waals surface area (Å²) in [6, 6.07) is 8.16. The normalized spacial score (nSPS) is 11.3. The second kappa shape index (κ2) is 4.97. The third-order valence-electron chi connectivity index (χ3n) is 2.35. The Kier molecular flexibility index (Phi) is 3.53. The largest absolute Gasteiger partial charge is 0.477 e. The molecule has 0 atom stereocenters. The molecule has 0 aliphatic rings. The summed E-state index contributed by atoms with van der Waals surface area (Å²) in [6.07, 6.45) is 0. The van der Waals surface area contributed by atoms with Crippen molar-refractivity contribution in [1.29, 1.82) is 5.26 Å². The van der Waals surface area contributed by atoms with Crippen molar-refractivity contribution in [3.8, 4) is 6.07 Å². The monoisotopic (exact) mass is 296 g/mol. The average Bonchev–Trinajstić information content (AvgIpc) is 2.76. The van der Waals surface area contributed by atoms with Crippen molar-refractivity contribution in [1.82, 2.24) is 4.72 Å². The minimum atomic E-state index is -4.02. The quantitative estimate of drug-likeness (QED) is 0.829. The fraction of sp³-hybridized carbons (Fsp3) is 0.0909. The van der Waals surface area contributed by atoms with E-state index in [4.69, 9.17) is 10.4 Å². The van der Waals surface area contributed by atoms with Crippen LogP contribution in [0.3, 0.4) is 0 Å². The molecular weight excluding hydrogens is 288 g/mol. The van der Waals surface area contributed by atoms with Gasteiger partial charge in [0.05, 0.1) is 12.6 Å². The van der Waals surface area contributed by atoms with Crippen LogP contribution in [-0.2, 0) is 10.0 Å². The summed E-state index contributed by atoms with van der Waals surface area (Å²) in [7, 11) is -4.02. The van der Waals surface area contributed by atoms with Gasteiger partial charge in [0, 0.05) is 10.1 Å². The lowest BCUT2D eigenvalue weighted by atomic mass is 10.2. The molecule has 6 nitrogen and oxygen atoms in total. The molecule has 0 unspecified atom stereocenters. The summed E-state index contributed by atoms with van der Waals surface area (Å²) in [6.45, 7) is -0.411. The SMILES string of the molecule is N#CCNS(=O)(=O)c1c(C(=O)O)sc2ccccc12. The van der Waals surface area contributed by atoms with Gasteiger partial charge in [0.2, 0.25) is 10.0 Å². The van der Waals surface area contributed by atoms with Crippen molar-refractivity contribution in [3.63, 3.8) is 0 Å². The highest BCUT2D eigenvalue weighted by atomic mass is 32.2. The predicted molar refractivity (Wildman–Crippen MR) is 69.6 cm³/mol. The molecule has 2 N–H and O–H groups in total. The molecule has 0 fully saturated rings. The highest BCUT2D eigenvalue weighted by Crippen LogP contribution is 2.34. The maximum Gasteiger partial charge on any atom is 0.347 e. The number of aromatic carboxylic acids is 1. The van der Waals surface area contributed by atoms with Gasteiger partial charge in [0.25, 0.3) is 0 Å². The van der Waals surface area contributed by atoms with Crippen molar-refractivity contribution in [3.05, 3.63) is 29.1 Å². The molecule has 0 aliphatic carbocycles. The summed E-state index contributed by atoms with van der Waals surface area (Å²) in [4.78, 5) is 10.6. The third kappa shape index (κ3) is 2.44. The van der Waals surface area contributed by atoms with Crippen molar-refractivity contribution in [2.24, 2.45) is 0 Å². The lowest BCUT2D eigenvalue weighted by Gasteiger charge is -2.03. The van der Waals surface area contributed by atoms with Gasteiger partial charge in [-0.1, -0.05) is 18.2 Å². The maximum atomic E-state index is 12.1. The molecule has 2 rings (SSSR count). The molecule has 0 saturated heterocycles. The smallest absolute Gasteiger partial charge is 0.347 e. The van der Waals surface area contributed by atoms with Crippen molar-refractivity contribution in [2.75, 3.05) is 6.54 Å². The second-order valence-electron chi connectivity index (χ2n) is 3.54. The minimum Gasteiger partial charge on any atom is -0.477 e. The Morgan fingerprint density at radius 1 is 1.42 bits per heavy atom. The summed E-state index contributed by atoms with van der Waals surface area (Å²) in [5.74, 6) is -1.31. The first-order valence-corrected chi connectivity index (χ1v) is 7.39. The Labute approximate surface area is 113 Å². The van der Waals surface area contributed by atoms with E-state index in [1.54, 1.807) is 30.3 Å². The van der Waals surface area contributed by atoms with Gasteiger partial charge in [-0.05, 0) is 6.07 Å². The van der Waals surface area contributed by atoms with E-state index in [2.05, 4.69) is 4.72 Å². The molecule has 1 heterocycles. The zero-order valence-corrected chi connectivity index (χ0v) is 11.1. The first kappa shape index (κ1) is 13.5. The highest BCUT2D eigenvalue weighted by molar-refractivity contribution is 7.90. The number of nitrogens with one attached hydrogen (secondary N) is 1. The molecule has 2 aromatic rings. The highest BCUT2D eigenvalue weighted by Gasteiger charge is 2.27. The van der Waals surface area contributed by atoms with Crippen molar-refractivity contribution < 1.29 is 18.3 Å². The average molecular weight is 296 g/mol. The van der Waals surface area contributed by atoms with Crippen LogP contribution in [-0.4, -0.2) is 26.0 Å². The number of carbonyl (C=O) groups is 1. The first-order chi connectivity index (χ1) is 8.97. The van der Waals surface area contributed by atoms with E-state index >= 15 is 0 Å². The number of carboxylic acids is 1. The van der Waals surface area contributed by atoms with E-state index in [1.165, 1.54) is 0 Å². The first-order valence-electron chi connectivity index (χ1n) is 5.09.